The maximum Gasteiger partial charge on any atom is 0.336 e. The number of morpholine rings is 1. The summed E-state index contributed by atoms with van der Waals surface area (Å²) in [4.78, 5) is 25.2. The van der Waals surface area contributed by atoms with Crippen molar-refractivity contribution in [3.8, 4) is 0 Å². The van der Waals surface area contributed by atoms with E-state index in [4.69, 9.17) is 4.74 Å². The molecular formula is C14H16FNO4. The van der Waals surface area contributed by atoms with Gasteiger partial charge in [-0.25, -0.2) is 9.18 Å². The first-order valence-corrected chi connectivity index (χ1v) is 6.27. The Kier molecular flexibility index (Phi) is 4.34. The lowest BCUT2D eigenvalue weighted by Gasteiger charge is -2.31. The lowest BCUT2D eigenvalue weighted by Crippen LogP contribution is -2.48. The predicted molar refractivity (Wildman–Crippen MR) is 68.8 cm³/mol. The molecule has 1 unspecified atom stereocenters. The van der Waals surface area contributed by atoms with Gasteiger partial charge in [0, 0.05) is 12.1 Å². The normalized spacial score (nSPS) is 18.8. The highest BCUT2D eigenvalue weighted by Gasteiger charge is 2.30. The average molecular weight is 281 g/mol. The molecule has 1 atom stereocenters. The van der Waals surface area contributed by atoms with E-state index in [0.29, 0.717) is 12.1 Å². The van der Waals surface area contributed by atoms with Gasteiger partial charge in [0.1, 0.15) is 5.82 Å². The standard InChI is InChI=1S/C14H16FNO4/c1-9-3-4-10(7-11(9)15)13(17)16-5-6-20-12(8-16)14(18)19-2/h3-4,7,12H,5-6,8H2,1-2H3. The molecule has 5 nitrogen and oxygen atoms in total. The third-order valence-corrected chi connectivity index (χ3v) is 3.24. The van der Waals surface area contributed by atoms with E-state index in [-0.39, 0.29) is 24.6 Å². The summed E-state index contributed by atoms with van der Waals surface area (Å²) >= 11 is 0. The van der Waals surface area contributed by atoms with Crippen molar-refractivity contribution in [2.45, 2.75) is 13.0 Å². The van der Waals surface area contributed by atoms with Crippen LogP contribution < -0.4 is 0 Å². The number of nitrogens with zero attached hydrogens (tertiary/aromatic N) is 1. The van der Waals surface area contributed by atoms with Gasteiger partial charge in [-0.2, -0.15) is 0 Å². The van der Waals surface area contributed by atoms with Gasteiger partial charge in [-0.3, -0.25) is 4.79 Å². The second-order valence-corrected chi connectivity index (χ2v) is 4.60. The first kappa shape index (κ1) is 14.5. The Labute approximate surface area is 116 Å². The maximum absolute atomic E-state index is 13.5. The minimum absolute atomic E-state index is 0.112. The summed E-state index contributed by atoms with van der Waals surface area (Å²) in [7, 11) is 1.27. The second-order valence-electron chi connectivity index (χ2n) is 4.60. The Hall–Kier alpha value is -1.95. The topological polar surface area (TPSA) is 55.8 Å². The van der Waals surface area contributed by atoms with Crippen LogP contribution >= 0.6 is 0 Å². The van der Waals surface area contributed by atoms with Gasteiger partial charge in [0.05, 0.1) is 20.3 Å². The highest BCUT2D eigenvalue weighted by atomic mass is 19.1. The number of aryl methyl sites for hydroxylation is 1. The zero-order valence-electron chi connectivity index (χ0n) is 11.4. The molecule has 0 N–H and O–H groups in total. The number of halogens is 1. The van der Waals surface area contributed by atoms with Crippen LogP contribution in [0.4, 0.5) is 4.39 Å². The van der Waals surface area contributed by atoms with Crippen molar-refractivity contribution in [1.82, 2.24) is 4.90 Å². The smallest absolute Gasteiger partial charge is 0.336 e. The molecular weight excluding hydrogens is 265 g/mol. The van der Waals surface area contributed by atoms with Gasteiger partial charge < -0.3 is 14.4 Å². The van der Waals surface area contributed by atoms with Crippen LogP contribution in [0.25, 0.3) is 0 Å². The minimum atomic E-state index is -0.784. The fourth-order valence-electron chi connectivity index (χ4n) is 2.02. The molecule has 0 bridgehead atoms. The fraction of sp³-hybridized carbons (Fsp3) is 0.429. The Balaban J connectivity index is 2.12. The van der Waals surface area contributed by atoms with E-state index in [1.54, 1.807) is 19.1 Å². The number of esters is 1. The molecule has 20 heavy (non-hydrogen) atoms. The summed E-state index contributed by atoms with van der Waals surface area (Å²) < 4.78 is 23.3. The molecule has 1 aromatic rings. The van der Waals surface area contributed by atoms with Crippen LogP contribution in [0.15, 0.2) is 18.2 Å². The van der Waals surface area contributed by atoms with Crippen LogP contribution in [0, 0.1) is 12.7 Å². The number of methoxy groups -OCH3 is 1. The Morgan fingerprint density at radius 3 is 2.85 bits per heavy atom. The predicted octanol–water partition coefficient (Wildman–Crippen LogP) is 1.15. The van der Waals surface area contributed by atoms with E-state index in [2.05, 4.69) is 4.74 Å². The highest BCUT2D eigenvalue weighted by molar-refractivity contribution is 5.94. The molecule has 1 aromatic carbocycles. The highest BCUT2D eigenvalue weighted by Crippen LogP contribution is 2.14. The largest absolute Gasteiger partial charge is 0.467 e. The summed E-state index contributed by atoms with van der Waals surface area (Å²) in [5.41, 5.74) is 0.745. The van der Waals surface area contributed by atoms with Crippen LogP contribution in [-0.4, -0.2) is 49.7 Å². The molecule has 0 radical (unpaired) electrons. The van der Waals surface area contributed by atoms with E-state index in [1.165, 1.54) is 18.1 Å². The quantitative estimate of drug-likeness (QED) is 0.763. The lowest BCUT2D eigenvalue weighted by atomic mass is 10.1. The summed E-state index contributed by atoms with van der Waals surface area (Å²) in [6.45, 7) is 2.36. The number of carbonyl (C=O) groups is 2. The van der Waals surface area contributed by atoms with E-state index in [1.807, 2.05) is 0 Å². The monoisotopic (exact) mass is 281 g/mol. The van der Waals surface area contributed by atoms with Crippen LogP contribution in [0.1, 0.15) is 15.9 Å². The second kappa shape index (κ2) is 6.00. The van der Waals surface area contributed by atoms with E-state index in [9.17, 15) is 14.0 Å². The average Bonchev–Trinajstić information content (AvgIpc) is 2.48. The van der Waals surface area contributed by atoms with Crippen molar-refractivity contribution in [1.29, 1.82) is 0 Å². The first-order chi connectivity index (χ1) is 9.52. The Bertz CT molecular complexity index is 532. The Morgan fingerprint density at radius 2 is 2.20 bits per heavy atom. The molecule has 0 aromatic heterocycles. The number of carbonyl (C=O) groups excluding carboxylic acids is 2. The maximum atomic E-state index is 13.5. The SMILES string of the molecule is COC(=O)C1CN(C(=O)c2ccc(C)c(F)c2)CCO1. The van der Waals surface area contributed by atoms with Crippen LogP contribution in [-0.2, 0) is 14.3 Å². The summed E-state index contributed by atoms with van der Waals surface area (Å²) in [5, 5.41) is 0. The summed E-state index contributed by atoms with van der Waals surface area (Å²) in [6, 6.07) is 4.34. The number of hydrogen-bond acceptors (Lipinski definition) is 4. The van der Waals surface area contributed by atoms with Crippen molar-refractivity contribution < 1.29 is 23.5 Å². The molecule has 1 saturated heterocycles. The van der Waals surface area contributed by atoms with Crippen LogP contribution in [0.5, 0.6) is 0 Å². The molecule has 108 valence electrons. The van der Waals surface area contributed by atoms with Gasteiger partial charge in [0.25, 0.3) is 5.91 Å². The van der Waals surface area contributed by atoms with Crippen LogP contribution in [0.2, 0.25) is 0 Å². The number of rotatable bonds is 2. The van der Waals surface area contributed by atoms with Gasteiger partial charge >= 0.3 is 5.97 Å². The number of amides is 1. The molecule has 2 rings (SSSR count). The van der Waals surface area contributed by atoms with Gasteiger partial charge in [-0.1, -0.05) is 6.07 Å². The minimum Gasteiger partial charge on any atom is -0.467 e. The molecule has 1 fully saturated rings. The number of ether oxygens (including phenoxy) is 2. The van der Waals surface area contributed by atoms with Crippen molar-refractivity contribution >= 4 is 11.9 Å². The molecule has 6 heteroatoms. The number of hydrogen-bond donors (Lipinski definition) is 0. The van der Waals surface area contributed by atoms with Crippen molar-refractivity contribution in [3.05, 3.63) is 35.1 Å². The zero-order chi connectivity index (χ0) is 14.7. The van der Waals surface area contributed by atoms with E-state index >= 15 is 0 Å². The van der Waals surface area contributed by atoms with Gasteiger partial charge in [-0.15, -0.1) is 0 Å². The molecule has 0 aliphatic carbocycles. The third kappa shape index (κ3) is 2.96. The molecule has 1 aliphatic rings. The van der Waals surface area contributed by atoms with Gasteiger partial charge in [-0.05, 0) is 24.6 Å². The van der Waals surface area contributed by atoms with Crippen LogP contribution in [0.3, 0.4) is 0 Å². The fourth-order valence-corrected chi connectivity index (χ4v) is 2.02. The number of benzene rings is 1. The van der Waals surface area contributed by atoms with Crippen molar-refractivity contribution in [2.24, 2.45) is 0 Å². The third-order valence-electron chi connectivity index (χ3n) is 3.24. The molecule has 1 heterocycles. The molecule has 1 amide bonds. The van der Waals surface area contributed by atoms with Gasteiger partial charge in [0.15, 0.2) is 6.10 Å². The molecule has 0 spiro atoms. The first-order valence-electron chi connectivity index (χ1n) is 6.27. The zero-order valence-corrected chi connectivity index (χ0v) is 11.4. The summed E-state index contributed by atoms with van der Waals surface area (Å²) in [5.74, 6) is -1.26. The lowest BCUT2D eigenvalue weighted by molar-refractivity contribution is -0.158. The van der Waals surface area contributed by atoms with E-state index in [0.717, 1.165) is 0 Å². The van der Waals surface area contributed by atoms with Crippen molar-refractivity contribution in [2.75, 3.05) is 26.8 Å². The van der Waals surface area contributed by atoms with Crippen molar-refractivity contribution in [3.63, 3.8) is 0 Å². The Morgan fingerprint density at radius 1 is 1.45 bits per heavy atom. The summed E-state index contributed by atoms with van der Waals surface area (Å²) in [6.07, 6.45) is -0.784. The molecule has 1 aliphatic heterocycles. The molecule has 0 saturated carbocycles. The van der Waals surface area contributed by atoms with Gasteiger partial charge in [0.2, 0.25) is 0 Å². The van der Waals surface area contributed by atoms with E-state index < -0.39 is 17.9 Å².